The maximum atomic E-state index is 3.89. The van der Waals surface area contributed by atoms with E-state index < -0.39 is 0 Å². The molecule has 0 bridgehead atoms. The van der Waals surface area contributed by atoms with Gasteiger partial charge in [-0.3, -0.25) is 0 Å². The lowest BCUT2D eigenvalue weighted by Crippen LogP contribution is -2.22. The SMILES string of the molecule is C=Cc1ccc2c(c1)[C@H]1c3cccc4cccc(c34)[C@@H]21. The lowest BCUT2D eigenvalue weighted by atomic mass is 9.66. The fourth-order valence-corrected chi connectivity index (χ4v) is 4.15. The van der Waals surface area contributed by atoms with Crippen LogP contribution in [0.3, 0.4) is 0 Å². The van der Waals surface area contributed by atoms with Crippen LogP contribution in [0.15, 0.2) is 61.2 Å². The minimum Gasteiger partial charge on any atom is -0.0985 e. The number of fused-ring (bicyclic) bond motifs is 6. The van der Waals surface area contributed by atoms with Crippen LogP contribution in [0.5, 0.6) is 0 Å². The first-order valence-corrected chi connectivity index (χ1v) is 7.16. The van der Waals surface area contributed by atoms with Crippen LogP contribution in [-0.2, 0) is 0 Å². The topological polar surface area (TPSA) is 0 Å². The molecular formula is C20H14. The van der Waals surface area contributed by atoms with E-state index in [0.29, 0.717) is 11.8 Å². The molecule has 0 saturated heterocycles. The lowest BCUT2D eigenvalue weighted by molar-refractivity contribution is 0.636. The number of hydrogen-bond acceptors (Lipinski definition) is 0. The van der Waals surface area contributed by atoms with Crippen molar-refractivity contribution in [3.63, 3.8) is 0 Å². The summed E-state index contributed by atoms with van der Waals surface area (Å²) in [7, 11) is 0. The Kier molecular flexibility index (Phi) is 1.78. The van der Waals surface area contributed by atoms with Gasteiger partial charge in [0.15, 0.2) is 0 Å². The van der Waals surface area contributed by atoms with Crippen molar-refractivity contribution < 1.29 is 0 Å². The van der Waals surface area contributed by atoms with Gasteiger partial charge in [-0.2, -0.15) is 0 Å². The van der Waals surface area contributed by atoms with Crippen molar-refractivity contribution in [1.29, 1.82) is 0 Å². The van der Waals surface area contributed by atoms with Crippen molar-refractivity contribution in [2.75, 3.05) is 0 Å². The highest BCUT2D eigenvalue weighted by Gasteiger charge is 2.45. The van der Waals surface area contributed by atoms with E-state index >= 15 is 0 Å². The monoisotopic (exact) mass is 254 g/mol. The molecule has 0 fully saturated rings. The lowest BCUT2D eigenvalue weighted by Gasteiger charge is -2.36. The Morgan fingerprint density at radius 2 is 1.45 bits per heavy atom. The molecule has 0 radical (unpaired) electrons. The molecule has 3 aromatic carbocycles. The van der Waals surface area contributed by atoms with Crippen LogP contribution in [0, 0.1) is 0 Å². The summed E-state index contributed by atoms with van der Waals surface area (Å²) in [5, 5.41) is 2.87. The van der Waals surface area contributed by atoms with Crippen molar-refractivity contribution >= 4 is 16.8 Å². The first kappa shape index (κ1) is 10.4. The van der Waals surface area contributed by atoms with E-state index in [4.69, 9.17) is 0 Å². The van der Waals surface area contributed by atoms with E-state index in [-0.39, 0.29) is 0 Å². The molecule has 0 heterocycles. The summed E-state index contributed by atoms with van der Waals surface area (Å²) in [6.45, 7) is 3.89. The largest absolute Gasteiger partial charge is 0.0985 e. The van der Waals surface area contributed by atoms with Gasteiger partial charge in [-0.15, -0.1) is 0 Å². The van der Waals surface area contributed by atoms with Gasteiger partial charge < -0.3 is 0 Å². The zero-order valence-electron chi connectivity index (χ0n) is 11.1. The summed E-state index contributed by atoms with van der Waals surface area (Å²) in [6.07, 6.45) is 1.94. The van der Waals surface area contributed by atoms with Gasteiger partial charge in [0.25, 0.3) is 0 Å². The third kappa shape index (κ3) is 1.05. The van der Waals surface area contributed by atoms with Crippen LogP contribution in [0.1, 0.15) is 39.7 Å². The van der Waals surface area contributed by atoms with Crippen LogP contribution in [0.4, 0.5) is 0 Å². The van der Waals surface area contributed by atoms with Crippen molar-refractivity contribution in [3.05, 3.63) is 89.0 Å². The molecular weight excluding hydrogens is 240 g/mol. The second-order valence-electron chi connectivity index (χ2n) is 5.84. The summed E-state index contributed by atoms with van der Waals surface area (Å²) in [4.78, 5) is 0. The summed E-state index contributed by atoms with van der Waals surface area (Å²) >= 11 is 0. The minimum absolute atomic E-state index is 0.561. The Bertz CT molecular complexity index is 880. The Hall–Kier alpha value is -2.34. The van der Waals surface area contributed by atoms with Crippen molar-refractivity contribution in [2.45, 2.75) is 11.8 Å². The van der Waals surface area contributed by atoms with Crippen LogP contribution in [-0.4, -0.2) is 0 Å². The van der Waals surface area contributed by atoms with Gasteiger partial charge in [-0.25, -0.2) is 0 Å². The van der Waals surface area contributed by atoms with Gasteiger partial charge in [0.05, 0.1) is 0 Å². The smallest absolute Gasteiger partial charge is 0.0208 e. The van der Waals surface area contributed by atoms with E-state index in [2.05, 4.69) is 61.2 Å². The molecule has 0 saturated carbocycles. The zero-order valence-corrected chi connectivity index (χ0v) is 11.1. The molecule has 0 aliphatic heterocycles. The van der Waals surface area contributed by atoms with Crippen molar-refractivity contribution in [2.24, 2.45) is 0 Å². The first-order chi connectivity index (χ1) is 9.88. The van der Waals surface area contributed by atoms with E-state index in [1.165, 1.54) is 38.6 Å². The van der Waals surface area contributed by atoms with Gasteiger partial charge in [-0.05, 0) is 38.6 Å². The molecule has 94 valence electrons. The molecule has 0 heteroatoms. The van der Waals surface area contributed by atoms with Crippen LogP contribution in [0.25, 0.3) is 16.8 Å². The predicted molar refractivity (Wildman–Crippen MR) is 84.2 cm³/mol. The first-order valence-electron chi connectivity index (χ1n) is 7.16. The molecule has 2 aliphatic rings. The van der Waals surface area contributed by atoms with Crippen LogP contribution >= 0.6 is 0 Å². The summed E-state index contributed by atoms with van der Waals surface area (Å²) in [5.41, 5.74) is 7.25. The molecule has 0 unspecified atom stereocenters. The zero-order chi connectivity index (χ0) is 13.3. The molecule has 0 nitrogen and oxygen atoms in total. The van der Waals surface area contributed by atoms with E-state index in [1.807, 2.05) is 6.08 Å². The summed E-state index contributed by atoms with van der Waals surface area (Å²) in [5.74, 6) is 1.14. The van der Waals surface area contributed by atoms with Crippen LogP contribution < -0.4 is 0 Å². The van der Waals surface area contributed by atoms with Gasteiger partial charge >= 0.3 is 0 Å². The van der Waals surface area contributed by atoms with Gasteiger partial charge in [0.1, 0.15) is 0 Å². The van der Waals surface area contributed by atoms with Crippen molar-refractivity contribution in [3.8, 4) is 0 Å². The average Bonchev–Trinajstić information content (AvgIpc) is 2.76. The van der Waals surface area contributed by atoms with E-state index in [9.17, 15) is 0 Å². The molecule has 0 amide bonds. The second kappa shape index (κ2) is 3.40. The summed E-state index contributed by atoms with van der Waals surface area (Å²) in [6, 6.07) is 20.2. The highest BCUT2D eigenvalue weighted by Crippen LogP contribution is 2.61. The number of hydrogen-bond donors (Lipinski definition) is 0. The number of rotatable bonds is 1. The Labute approximate surface area is 118 Å². The highest BCUT2D eigenvalue weighted by atomic mass is 14.5. The minimum atomic E-state index is 0.561. The third-order valence-electron chi connectivity index (χ3n) is 4.99. The second-order valence-corrected chi connectivity index (χ2v) is 5.84. The number of benzene rings is 3. The van der Waals surface area contributed by atoms with Gasteiger partial charge in [0, 0.05) is 11.8 Å². The fraction of sp³-hybridized carbons (Fsp3) is 0.100. The molecule has 2 atom stereocenters. The Morgan fingerprint density at radius 1 is 0.750 bits per heavy atom. The molecule has 3 aromatic rings. The van der Waals surface area contributed by atoms with Gasteiger partial charge in [-0.1, -0.05) is 67.3 Å². The standard InChI is InChI=1S/C20H14/c1-2-12-9-10-14-17(11-12)20-16-8-4-6-13-5-3-7-15(18(13)16)19(14)20/h2-11,19-20H,1H2/t19-,20-/m1/s1. The fourth-order valence-electron chi connectivity index (χ4n) is 4.15. The maximum Gasteiger partial charge on any atom is 0.0208 e. The van der Waals surface area contributed by atoms with E-state index in [0.717, 1.165) is 0 Å². The van der Waals surface area contributed by atoms with Crippen LogP contribution in [0.2, 0.25) is 0 Å². The molecule has 0 aromatic heterocycles. The van der Waals surface area contributed by atoms with Crippen molar-refractivity contribution in [1.82, 2.24) is 0 Å². The van der Waals surface area contributed by atoms with Gasteiger partial charge in [0.2, 0.25) is 0 Å². The summed E-state index contributed by atoms with van der Waals surface area (Å²) < 4.78 is 0. The average molecular weight is 254 g/mol. The predicted octanol–water partition coefficient (Wildman–Crippen LogP) is 5.07. The third-order valence-corrected chi connectivity index (χ3v) is 4.99. The molecule has 0 spiro atoms. The molecule has 20 heavy (non-hydrogen) atoms. The molecule has 0 N–H and O–H groups in total. The molecule has 2 aliphatic carbocycles. The quantitative estimate of drug-likeness (QED) is 0.568. The Balaban J connectivity index is 1.85. The normalized spacial score (nSPS) is 21.2. The highest BCUT2D eigenvalue weighted by molar-refractivity contribution is 5.95. The van der Waals surface area contributed by atoms with E-state index in [1.54, 1.807) is 0 Å². The Morgan fingerprint density at radius 3 is 2.15 bits per heavy atom. The molecule has 5 rings (SSSR count). The maximum absolute atomic E-state index is 3.89.